The van der Waals surface area contributed by atoms with E-state index in [2.05, 4.69) is 5.10 Å². The monoisotopic (exact) mass is 349 g/mol. The summed E-state index contributed by atoms with van der Waals surface area (Å²) in [4.78, 5) is 11.5. The SMILES string of the molecule is CCN(c1cnn(C)c1)S(=O)(=O)c1ccc(C2(C(=O)O)CC2)cc1. The molecule has 0 unspecified atom stereocenters. The van der Waals surface area contributed by atoms with Gasteiger partial charge in [0.15, 0.2) is 0 Å². The predicted octanol–water partition coefficient (Wildman–Crippen LogP) is 1.75. The number of carbonyl (C=O) groups is 1. The second kappa shape index (κ2) is 5.62. The summed E-state index contributed by atoms with van der Waals surface area (Å²) >= 11 is 0. The normalized spacial score (nSPS) is 15.9. The fourth-order valence-corrected chi connectivity index (χ4v) is 4.30. The quantitative estimate of drug-likeness (QED) is 0.858. The maximum absolute atomic E-state index is 12.9. The van der Waals surface area contributed by atoms with Gasteiger partial charge in [0, 0.05) is 19.8 Å². The molecule has 1 fully saturated rings. The molecule has 1 aromatic heterocycles. The van der Waals surface area contributed by atoms with Gasteiger partial charge in [0.2, 0.25) is 0 Å². The minimum atomic E-state index is -3.72. The first-order valence-electron chi connectivity index (χ1n) is 7.66. The zero-order valence-corrected chi connectivity index (χ0v) is 14.3. The van der Waals surface area contributed by atoms with Crippen molar-refractivity contribution in [2.75, 3.05) is 10.8 Å². The highest BCUT2D eigenvalue weighted by molar-refractivity contribution is 7.92. The van der Waals surface area contributed by atoms with E-state index in [1.165, 1.54) is 22.6 Å². The van der Waals surface area contributed by atoms with Gasteiger partial charge < -0.3 is 5.11 Å². The van der Waals surface area contributed by atoms with E-state index in [1.807, 2.05) is 0 Å². The summed E-state index contributed by atoms with van der Waals surface area (Å²) in [5, 5.41) is 13.3. The lowest BCUT2D eigenvalue weighted by Gasteiger charge is -2.21. The van der Waals surface area contributed by atoms with Crippen LogP contribution in [-0.2, 0) is 27.3 Å². The molecule has 0 atom stereocenters. The van der Waals surface area contributed by atoms with Crippen molar-refractivity contribution in [1.82, 2.24) is 9.78 Å². The van der Waals surface area contributed by atoms with Crippen LogP contribution in [0.5, 0.6) is 0 Å². The van der Waals surface area contributed by atoms with Crippen LogP contribution in [0.4, 0.5) is 5.69 Å². The summed E-state index contributed by atoms with van der Waals surface area (Å²) in [6, 6.07) is 6.16. The molecule has 128 valence electrons. The Morgan fingerprint density at radius 1 is 1.33 bits per heavy atom. The highest BCUT2D eigenvalue weighted by Crippen LogP contribution is 2.48. The minimum absolute atomic E-state index is 0.137. The van der Waals surface area contributed by atoms with Crippen molar-refractivity contribution in [3.05, 3.63) is 42.2 Å². The van der Waals surface area contributed by atoms with E-state index in [4.69, 9.17) is 0 Å². The molecule has 1 saturated carbocycles. The molecular weight excluding hydrogens is 330 g/mol. The van der Waals surface area contributed by atoms with E-state index in [0.29, 0.717) is 24.1 Å². The van der Waals surface area contributed by atoms with Crippen LogP contribution in [0.3, 0.4) is 0 Å². The van der Waals surface area contributed by atoms with Crippen molar-refractivity contribution in [2.45, 2.75) is 30.1 Å². The zero-order chi connectivity index (χ0) is 17.5. The third-order valence-electron chi connectivity index (χ3n) is 4.42. The molecule has 24 heavy (non-hydrogen) atoms. The van der Waals surface area contributed by atoms with E-state index in [9.17, 15) is 18.3 Å². The Balaban J connectivity index is 1.94. The molecule has 0 aliphatic heterocycles. The fraction of sp³-hybridized carbons (Fsp3) is 0.375. The van der Waals surface area contributed by atoms with Crippen LogP contribution in [0.25, 0.3) is 0 Å². The lowest BCUT2D eigenvalue weighted by Crippen LogP contribution is -2.30. The third kappa shape index (κ3) is 2.56. The average Bonchev–Trinajstić information content (AvgIpc) is 3.26. The molecule has 7 nitrogen and oxygen atoms in total. The van der Waals surface area contributed by atoms with Crippen LogP contribution in [0, 0.1) is 0 Å². The molecule has 1 aromatic carbocycles. The molecule has 0 spiro atoms. The Hall–Kier alpha value is -2.35. The number of hydrogen-bond donors (Lipinski definition) is 1. The van der Waals surface area contributed by atoms with Gasteiger partial charge in [-0.25, -0.2) is 8.42 Å². The van der Waals surface area contributed by atoms with Crippen molar-refractivity contribution in [3.8, 4) is 0 Å². The first kappa shape index (κ1) is 16.5. The number of hydrogen-bond acceptors (Lipinski definition) is 4. The van der Waals surface area contributed by atoms with Gasteiger partial charge in [-0.1, -0.05) is 12.1 Å². The average molecular weight is 349 g/mol. The van der Waals surface area contributed by atoms with Crippen molar-refractivity contribution < 1.29 is 18.3 Å². The van der Waals surface area contributed by atoms with Crippen LogP contribution >= 0.6 is 0 Å². The number of aryl methyl sites for hydroxylation is 1. The number of aliphatic carboxylic acids is 1. The Morgan fingerprint density at radius 2 is 1.96 bits per heavy atom. The molecule has 0 saturated heterocycles. The first-order valence-corrected chi connectivity index (χ1v) is 9.10. The molecule has 1 aliphatic rings. The highest BCUT2D eigenvalue weighted by atomic mass is 32.2. The Labute approximate surface area is 140 Å². The molecule has 2 aromatic rings. The number of sulfonamides is 1. The Bertz CT molecular complexity index is 867. The van der Waals surface area contributed by atoms with Crippen LogP contribution in [-0.4, -0.2) is 35.8 Å². The standard InChI is InChI=1S/C16H19N3O4S/c1-3-19(13-10-17-18(2)11-13)24(22,23)14-6-4-12(5-7-14)16(8-9-16)15(20)21/h4-7,10-11H,3,8-9H2,1-2H3,(H,20,21). The molecule has 0 bridgehead atoms. The minimum Gasteiger partial charge on any atom is -0.481 e. The number of carboxylic acids is 1. The highest BCUT2D eigenvalue weighted by Gasteiger charge is 2.51. The molecule has 1 heterocycles. The van der Waals surface area contributed by atoms with E-state index >= 15 is 0 Å². The van der Waals surface area contributed by atoms with E-state index in [1.54, 1.807) is 37.0 Å². The van der Waals surface area contributed by atoms with Gasteiger partial charge in [0.25, 0.3) is 10.0 Å². The van der Waals surface area contributed by atoms with Crippen LogP contribution in [0.2, 0.25) is 0 Å². The van der Waals surface area contributed by atoms with Crippen LogP contribution < -0.4 is 4.31 Å². The number of benzene rings is 1. The maximum atomic E-state index is 12.9. The number of anilines is 1. The van der Waals surface area contributed by atoms with Gasteiger partial charge in [-0.15, -0.1) is 0 Å². The van der Waals surface area contributed by atoms with Crippen molar-refractivity contribution >= 4 is 21.7 Å². The molecule has 0 amide bonds. The fourth-order valence-electron chi connectivity index (χ4n) is 2.85. The summed E-state index contributed by atoms with van der Waals surface area (Å²) in [6.07, 6.45) is 4.31. The van der Waals surface area contributed by atoms with Crippen LogP contribution in [0.1, 0.15) is 25.3 Å². The Morgan fingerprint density at radius 3 is 2.38 bits per heavy atom. The van der Waals surface area contributed by atoms with Gasteiger partial charge in [-0.2, -0.15) is 5.10 Å². The van der Waals surface area contributed by atoms with E-state index < -0.39 is 21.4 Å². The summed E-state index contributed by atoms with van der Waals surface area (Å²) < 4.78 is 28.5. The van der Waals surface area contributed by atoms with Crippen molar-refractivity contribution in [3.63, 3.8) is 0 Å². The second-order valence-electron chi connectivity index (χ2n) is 5.95. The summed E-state index contributed by atoms with van der Waals surface area (Å²) in [5.74, 6) is -0.858. The van der Waals surface area contributed by atoms with Crippen molar-refractivity contribution in [1.29, 1.82) is 0 Å². The molecular formula is C16H19N3O4S. The summed E-state index contributed by atoms with van der Waals surface area (Å²) in [7, 11) is -2.00. The smallest absolute Gasteiger partial charge is 0.314 e. The number of carboxylic acid groups (broad SMARTS) is 1. The van der Waals surface area contributed by atoms with E-state index in [-0.39, 0.29) is 11.4 Å². The number of aromatic nitrogens is 2. The second-order valence-corrected chi connectivity index (χ2v) is 7.82. The molecule has 1 N–H and O–H groups in total. The molecule has 1 aliphatic carbocycles. The van der Waals surface area contributed by atoms with E-state index in [0.717, 1.165) is 0 Å². The largest absolute Gasteiger partial charge is 0.481 e. The molecule has 3 rings (SSSR count). The summed E-state index contributed by atoms with van der Waals surface area (Å²) in [6.45, 7) is 2.03. The maximum Gasteiger partial charge on any atom is 0.314 e. The Kier molecular flexibility index (Phi) is 3.87. The van der Waals surface area contributed by atoms with Gasteiger partial charge >= 0.3 is 5.97 Å². The van der Waals surface area contributed by atoms with Gasteiger partial charge in [0.05, 0.1) is 22.2 Å². The first-order chi connectivity index (χ1) is 11.3. The zero-order valence-electron chi connectivity index (χ0n) is 13.5. The van der Waals surface area contributed by atoms with Gasteiger partial charge in [-0.05, 0) is 37.5 Å². The van der Waals surface area contributed by atoms with Crippen molar-refractivity contribution in [2.24, 2.45) is 7.05 Å². The summed E-state index contributed by atoms with van der Waals surface area (Å²) in [5.41, 5.74) is 0.308. The van der Waals surface area contributed by atoms with Gasteiger partial charge in [-0.3, -0.25) is 13.8 Å². The third-order valence-corrected chi connectivity index (χ3v) is 6.34. The topological polar surface area (TPSA) is 92.5 Å². The predicted molar refractivity (Wildman–Crippen MR) is 88.4 cm³/mol. The lowest BCUT2D eigenvalue weighted by atomic mass is 9.96. The van der Waals surface area contributed by atoms with Crippen LogP contribution in [0.15, 0.2) is 41.6 Å². The molecule has 0 radical (unpaired) electrons. The lowest BCUT2D eigenvalue weighted by molar-refractivity contribution is -0.140. The molecule has 8 heteroatoms. The number of nitrogens with zero attached hydrogens (tertiary/aromatic N) is 3. The van der Waals surface area contributed by atoms with Gasteiger partial charge in [0.1, 0.15) is 0 Å². The number of rotatable bonds is 6.